The second-order valence-electron chi connectivity index (χ2n) is 8.03. The van der Waals surface area contributed by atoms with Crippen molar-refractivity contribution in [2.75, 3.05) is 13.7 Å². The zero-order valence-corrected chi connectivity index (χ0v) is 18.4. The Kier molecular flexibility index (Phi) is 7.89. The fourth-order valence-corrected chi connectivity index (χ4v) is 5.41. The van der Waals surface area contributed by atoms with Gasteiger partial charge >= 0.3 is 0 Å². The summed E-state index contributed by atoms with van der Waals surface area (Å²) in [5.41, 5.74) is 2.24. The number of thiophene rings is 1. The molecule has 0 spiro atoms. The van der Waals surface area contributed by atoms with Gasteiger partial charge in [-0.2, -0.15) is 0 Å². The molecular formula is C21H31NO3S2. The molecule has 1 N–H and O–H groups in total. The molecule has 0 fully saturated rings. The highest BCUT2D eigenvalue weighted by atomic mass is 32.2. The molecule has 2 rings (SSSR count). The van der Waals surface area contributed by atoms with Gasteiger partial charge in [-0.15, -0.1) is 11.3 Å². The van der Waals surface area contributed by atoms with Crippen LogP contribution < -0.4 is 9.46 Å². The maximum absolute atomic E-state index is 12.7. The molecule has 6 heteroatoms. The van der Waals surface area contributed by atoms with Crippen LogP contribution in [-0.2, 0) is 16.4 Å². The van der Waals surface area contributed by atoms with E-state index in [0.717, 1.165) is 42.6 Å². The van der Waals surface area contributed by atoms with Gasteiger partial charge in [0.05, 0.1) is 7.11 Å². The van der Waals surface area contributed by atoms with Crippen LogP contribution in [0.25, 0.3) is 0 Å². The van der Waals surface area contributed by atoms with Crippen molar-refractivity contribution in [3.63, 3.8) is 0 Å². The van der Waals surface area contributed by atoms with Crippen molar-refractivity contribution >= 4 is 21.4 Å². The summed E-state index contributed by atoms with van der Waals surface area (Å²) in [6, 6.07) is 9.62. The molecule has 0 aliphatic heterocycles. The molecule has 2 aromatic rings. The van der Waals surface area contributed by atoms with E-state index in [2.05, 4.69) is 25.5 Å². The quantitative estimate of drug-likeness (QED) is 0.547. The largest absolute Gasteiger partial charge is 0.497 e. The average molecular weight is 410 g/mol. The van der Waals surface area contributed by atoms with E-state index >= 15 is 0 Å². The molecule has 1 aromatic carbocycles. The van der Waals surface area contributed by atoms with Crippen LogP contribution in [-0.4, -0.2) is 22.1 Å². The maximum atomic E-state index is 12.7. The van der Waals surface area contributed by atoms with Crippen molar-refractivity contribution in [2.45, 2.75) is 57.1 Å². The van der Waals surface area contributed by atoms with Gasteiger partial charge in [0.25, 0.3) is 0 Å². The molecule has 27 heavy (non-hydrogen) atoms. The summed E-state index contributed by atoms with van der Waals surface area (Å²) in [5.74, 6) is 0.796. The monoisotopic (exact) mass is 409 g/mol. The summed E-state index contributed by atoms with van der Waals surface area (Å²) in [6.07, 6.45) is 4.80. The van der Waals surface area contributed by atoms with Crippen LogP contribution in [0.5, 0.6) is 5.75 Å². The molecule has 0 aliphatic carbocycles. The van der Waals surface area contributed by atoms with Crippen LogP contribution in [0.4, 0.5) is 0 Å². The summed E-state index contributed by atoms with van der Waals surface area (Å²) in [5, 5.41) is 1.84. The lowest BCUT2D eigenvalue weighted by Gasteiger charge is -2.17. The van der Waals surface area contributed by atoms with E-state index in [0.29, 0.717) is 22.6 Å². The predicted octanol–water partition coefficient (Wildman–Crippen LogP) is 5.23. The van der Waals surface area contributed by atoms with E-state index < -0.39 is 10.0 Å². The smallest absolute Gasteiger partial charge is 0.250 e. The van der Waals surface area contributed by atoms with Crippen molar-refractivity contribution < 1.29 is 13.2 Å². The van der Waals surface area contributed by atoms with Crippen LogP contribution in [0.15, 0.2) is 39.9 Å². The fraction of sp³-hybridized carbons (Fsp3) is 0.524. The van der Waals surface area contributed by atoms with E-state index in [4.69, 9.17) is 4.74 Å². The van der Waals surface area contributed by atoms with Crippen LogP contribution in [0, 0.1) is 5.41 Å². The number of unbranched alkanes of at least 4 members (excludes halogenated alkanes) is 2. The molecular weight excluding hydrogens is 378 g/mol. The lowest BCUT2D eigenvalue weighted by Crippen LogP contribution is -2.25. The van der Waals surface area contributed by atoms with Gasteiger partial charge < -0.3 is 4.74 Å². The third-order valence-electron chi connectivity index (χ3n) is 4.40. The Morgan fingerprint density at radius 1 is 1.04 bits per heavy atom. The molecule has 0 saturated carbocycles. The molecule has 4 nitrogen and oxygen atoms in total. The lowest BCUT2D eigenvalue weighted by atomic mass is 9.89. The number of ether oxygens (including phenoxy) is 1. The first-order valence-electron chi connectivity index (χ1n) is 9.40. The molecule has 0 radical (unpaired) electrons. The van der Waals surface area contributed by atoms with Crippen molar-refractivity contribution in [3.05, 3.63) is 46.8 Å². The number of methoxy groups -OCH3 is 1. The molecule has 150 valence electrons. The maximum Gasteiger partial charge on any atom is 0.250 e. The molecule has 0 bridgehead atoms. The second kappa shape index (κ2) is 9.71. The van der Waals surface area contributed by atoms with Crippen LogP contribution in [0.3, 0.4) is 0 Å². The van der Waals surface area contributed by atoms with Gasteiger partial charge in [-0.1, -0.05) is 45.7 Å². The van der Waals surface area contributed by atoms with Gasteiger partial charge in [0.1, 0.15) is 9.96 Å². The minimum absolute atomic E-state index is 0.340. The predicted molar refractivity (Wildman–Crippen MR) is 113 cm³/mol. The number of sulfonamides is 1. The van der Waals surface area contributed by atoms with E-state index in [1.807, 2.05) is 35.7 Å². The van der Waals surface area contributed by atoms with Gasteiger partial charge in [-0.3, -0.25) is 0 Å². The molecule has 0 aliphatic rings. The third kappa shape index (κ3) is 7.28. The Balaban J connectivity index is 1.90. The van der Waals surface area contributed by atoms with Gasteiger partial charge in [0.15, 0.2) is 0 Å². The lowest BCUT2D eigenvalue weighted by molar-refractivity contribution is 0.358. The number of nitrogens with one attached hydrogen (secondary N) is 1. The molecule has 1 aromatic heterocycles. The van der Waals surface area contributed by atoms with E-state index in [1.54, 1.807) is 7.11 Å². The van der Waals surface area contributed by atoms with Crippen LogP contribution >= 0.6 is 11.3 Å². The van der Waals surface area contributed by atoms with E-state index in [1.165, 1.54) is 11.3 Å². The summed E-state index contributed by atoms with van der Waals surface area (Å²) in [6.45, 7) is 7.19. The van der Waals surface area contributed by atoms with Gasteiger partial charge in [-0.25, -0.2) is 13.1 Å². The SMILES string of the molecule is COc1ccc(Cc2ccsc2S(=O)(=O)NCCCCCC(C)(C)C)cc1. The summed E-state index contributed by atoms with van der Waals surface area (Å²) in [4.78, 5) is 0. The Bertz CT molecular complexity index is 803. The molecule has 0 unspecified atom stereocenters. The Labute approximate surface area is 168 Å². The topological polar surface area (TPSA) is 55.4 Å². The standard InChI is InChI=1S/C21H31NO3S2/c1-21(2,3)13-6-5-7-14-22-27(23,24)20-18(12-15-26-20)16-17-8-10-19(25-4)11-9-17/h8-12,15,22H,5-7,13-14,16H2,1-4H3. The van der Waals surface area contributed by atoms with Gasteiger partial charge in [0, 0.05) is 6.54 Å². The molecule has 0 amide bonds. The van der Waals surface area contributed by atoms with E-state index in [9.17, 15) is 8.42 Å². The highest BCUT2D eigenvalue weighted by molar-refractivity contribution is 7.91. The van der Waals surface area contributed by atoms with Crippen molar-refractivity contribution in [1.82, 2.24) is 4.72 Å². The average Bonchev–Trinajstić information content (AvgIpc) is 3.07. The van der Waals surface area contributed by atoms with Crippen LogP contribution in [0.2, 0.25) is 0 Å². The van der Waals surface area contributed by atoms with Crippen molar-refractivity contribution in [3.8, 4) is 5.75 Å². The van der Waals surface area contributed by atoms with Crippen molar-refractivity contribution in [1.29, 1.82) is 0 Å². The number of rotatable bonds is 10. The Hall–Kier alpha value is -1.37. The fourth-order valence-electron chi connectivity index (χ4n) is 2.88. The zero-order chi connectivity index (χ0) is 19.9. The highest BCUT2D eigenvalue weighted by Crippen LogP contribution is 2.26. The van der Waals surface area contributed by atoms with Gasteiger partial charge in [-0.05, 0) is 59.4 Å². The van der Waals surface area contributed by atoms with Crippen LogP contribution in [0.1, 0.15) is 57.6 Å². The molecule has 0 saturated heterocycles. The minimum Gasteiger partial charge on any atom is -0.497 e. The van der Waals surface area contributed by atoms with E-state index in [-0.39, 0.29) is 0 Å². The molecule has 1 heterocycles. The molecule has 0 atom stereocenters. The first-order valence-corrected chi connectivity index (χ1v) is 11.8. The van der Waals surface area contributed by atoms with Gasteiger partial charge in [0.2, 0.25) is 10.0 Å². The summed E-state index contributed by atoms with van der Waals surface area (Å²) < 4.78 is 33.7. The number of benzene rings is 1. The Morgan fingerprint density at radius 2 is 1.74 bits per heavy atom. The number of hydrogen-bond donors (Lipinski definition) is 1. The number of hydrogen-bond acceptors (Lipinski definition) is 4. The summed E-state index contributed by atoms with van der Waals surface area (Å²) >= 11 is 1.28. The third-order valence-corrected chi connectivity index (χ3v) is 7.43. The summed E-state index contributed by atoms with van der Waals surface area (Å²) in [7, 11) is -1.82. The normalized spacial score (nSPS) is 12.3. The minimum atomic E-state index is -3.45. The first-order chi connectivity index (χ1) is 12.7. The zero-order valence-electron chi connectivity index (χ0n) is 16.7. The first kappa shape index (κ1) is 21.9. The van der Waals surface area contributed by atoms with Crippen molar-refractivity contribution in [2.24, 2.45) is 5.41 Å². The Morgan fingerprint density at radius 3 is 2.37 bits per heavy atom. The highest BCUT2D eigenvalue weighted by Gasteiger charge is 2.20. The second-order valence-corrected chi connectivity index (χ2v) is 10.9.